The molecule has 5 rings (SSSR count). The number of aromatic nitrogens is 3. The summed E-state index contributed by atoms with van der Waals surface area (Å²) in [6.07, 6.45) is 1.29. The number of hydrogen-bond acceptors (Lipinski definition) is 8. The summed E-state index contributed by atoms with van der Waals surface area (Å²) >= 11 is 1.70. The zero-order valence-corrected chi connectivity index (χ0v) is 21.4. The van der Waals surface area contributed by atoms with E-state index < -0.39 is 12.1 Å². The van der Waals surface area contributed by atoms with Crippen molar-refractivity contribution in [1.82, 2.24) is 25.3 Å². The molecular weight excluding hydrogens is 507 g/mol. The first-order valence-electron chi connectivity index (χ1n) is 12.3. The van der Waals surface area contributed by atoms with Gasteiger partial charge in [-0.3, -0.25) is 4.90 Å². The Labute approximate surface area is 216 Å². The topological polar surface area (TPSA) is 104 Å². The van der Waals surface area contributed by atoms with Crippen molar-refractivity contribution in [3.63, 3.8) is 0 Å². The summed E-state index contributed by atoms with van der Waals surface area (Å²) in [5.41, 5.74) is 3.30. The fraction of sp³-hybridized carbons (Fsp3) is 0.520. The number of alkyl halides is 3. The van der Waals surface area contributed by atoms with Crippen molar-refractivity contribution in [2.75, 3.05) is 26.2 Å². The molecule has 2 N–H and O–H groups in total. The number of thiazole rings is 1. The predicted octanol–water partition coefficient (Wildman–Crippen LogP) is 5.25. The van der Waals surface area contributed by atoms with E-state index in [1.54, 1.807) is 11.3 Å². The highest BCUT2D eigenvalue weighted by atomic mass is 32.1. The van der Waals surface area contributed by atoms with E-state index in [0.717, 1.165) is 35.8 Å². The summed E-state index contributed by atoms with van der Waals surface area (Å²) in [5.74, 6) is -1.03. The maximum absolute atomic E-state index is 10.6. The van der Waals surface area contributed by atoms with Crippen molar-refractivity contribution in [2.24, 2.45) is 0 Å². The van der Waals surface area contributed by atoms with Crippen LogP contribution in [-0.2, 0) is 11.3 Å². The van der Waals surface area contributed by atoms with Crippen molar-refractivity contribution in [3.8, 4) is 22.2 Å². The molecule has 0 saturated carbocycles. The maximum Gasteiger partial charge on any atom is 0.490 e. The number of aryl methyl sites for hydroxylation is 1. The largest absolute Gasteiger partial charge is 0.490 e. The number of halogens is 3. The first-order chi connectivity index (χ1) is 17.7. The van der Waals surface area contributed by atoms with Gasteiger partial charge in [0.25, 0.3) is 5.89 Å². The number of benzene rings is 1. The summed E-state index contributed by atoms with van der Waals surface area (Å²) in [7, 11) is 0. The van der Waals surface area contributed by atoms with Crippen LogP contribution in [0.5, 0.6) is 0 Å². The molecule has 2 aliphatic rings. The molecule has 12 heteroatoms. The van der Waals surface area contributed by atoms with Crippen LogP contribution < -0.4 is 5.32 Å². The van der Waals surface area contributed by atoms with E-state index in [4.69, 9.17) is 24.4 Å². The van der Waals surface area contributed by atoms with Gasteiger partial charge in [0, 0.05) is 24.6 Å². The van der Waals surface area contributed by atoms with Crippen LogP contribution in [-0.4, -0.2) is 63.5 Å². The number of carboxylic acid groups (broad SMARTS) is 1. The molecule has 0 spiro atoms. The minimum Gasteiger partial charge on any atom is -0.475 e. The SMILES string of the molecule is Cc1nc(C2CCCNC2)sc1-c1nc(-c2cccc(CN3CCCCC3)c2)no1.O=C(O)C(F)(F)F. The van der Waals surface area contributed by atoms with E-state index >= 15 is 0 Å². The molecule has 37 heavy (non-hydrogen) atoms. The van der Waals surface area contributed by atoms with Gasteiger partial charge in [-0.05, 0) is 63.9 Å². The van der Waals surface area contributed by atoms with Gasteiger partial charge >= 0.3 is 12.1 Å². The summed E-state index contributed by atoms with van der Waals surface area (Å²) in [6.45, 7) is 7.53. The first kappa shape index (κ1) is 27.2. The fourth-order valence-corrected chi connectivity index (χ4v) is 5.59. The van der Waals surface area contributed by atoms with Crippen LogP contribution in [0.1, 0.15) is 54.3 Å². The van der Waals surface area contributed by atoms with Crippen molar-refractivity contribution < 1.29 is 27.6 Å². The normalized spacial score (nSPS) is 18.8. The van der Waals surface area contributed by atoms with Crippen LogP contribution in [0.15, 0.2) is 28.8 Å². The third kappa shape index (κ3) is 7.36. The molecule has 2 saturated heterocycles. The van der Waals surface area contributed by atoms with Gasteiger partial charge in [0.1, 0.15) is 4.88 Å². The van der Waals surface area contributed by atoms with Gasteiger partial charge in [0.15, 0.2) is 0 Å². The molecule has 0 radical (unpaired) electrons. The quantitative estimate of drug-likeness (QED) is 0.455. The molecular formula is C25H30F3N5O3S. The summed E-state index contributed by atoms with van der Waals surface area (Å²) in [5, 5.41) is 16.1. The van der Waals surface area contributed by atoms with Crippen LogP contribution in [0, 0.1) is 6.92 Å². The summed E-state index contributed by atoms with van der Waals surface area (Å²) in [4.78, 5) is 22.0. The van der Waals surface area contributed by atoms with Crippen LogP contribution in [0.25, 0.3) is 22.2 Å². The zero-order chi connectivity index (χ0) is 26.4. The second-order valence-corrected chi connectivity index (χ2v) is 10.3. The Morgan fingerprint density at radius 3 is 2.65 bits per heavy atom. The lowest BCUT2D eigenvalue weighted by Crippen LogP contribution is -2.29. The summed E-state index contributed by atoms with van der Waals surface area (Å²) in [6, 6.07) is 8.54. The standard InChI is InChI=1S/C23H29N5OS.C2HF3O2/c1-16-20(30-23(25-16)19-9-6-10-24-14-19)22-26-21(27-29-22)18-8-5-7-17(13-18)15-28-11-3-2-4-12-28;3-2(4,5)1(6)7/h5,7-8,13,19,24H,2-4,6,9-12,14-15H2,1H3;(H,6,7). The molecule has 2 aromatic heterocycles. The third-order valence-electron chi connectivity index (χ3n) is 6.36. The minimum absolute atomic E-state index is 0.491. The lowest BCUT2D eigenvalue weighted by Gasteiger charge is -2.26. The van der Waals surface area contributed by atoms with Gasteiger partial charge in [-0.15, -0.1) is 11.3 Å². The molecule has 200 valence electrons. The number of piperidine rings is 2. The Morgan fingerprint density at radius 2 is 1.97 bits per heavy atom. The number of nitrogens with zero attached hydrogens (tertiary/aromatic N) is 4. The Kier molecular flexibility index (Phi) is 8.93. The predicted molar refractivity (Wildman–Crippen MR) is 133 cm³/mol. The summed E-state index contributed by atoms with van der Waals surface area (Å²) < 4.78 is 37.4. The molecule has 2 fully saturated rings. The molecule has 0 aliphatic carbocycles. The van der Waals surface area contributed by atoms with Gasteiger partial charge in [0.2, 0.25) is 5.82 Å². The van der Waals surface area contributed by atoms with Crippen LogP contribution >= 0.6 is 11.3 Å². The van der Waals surface area contributed by atoms with Gasteiger partial charge in [-0.2, -0.15) is 18.2 Å². The number of hydrogen-bond donors (Lipinski definition) is 2. The van der Waals surface area contributed by atoms with E-state index in [1.165, 1.54) is 55.8 Å². The van der Waals surface area contributed by atoms with Gasteiger partial charge in [0.05, 0.1) is 10.7 Å². The van der Waals surface area contributed by atoms with Crippen LogP contribution in [0.4, 0.5) is 13.2 Å². The van der Waals surface area contributed by atoms with Gasteiger partial charge < -0.3 is 14.9 Å². The molecule has 1 atom stereocenters. The van der Waals surface area contributed by atoms with E-state index in [9.17, 15) is 13.2 Å². The average molecular weight is 538 g/mol. The number of carbonyl (C=O) groups is 1. The highest BCUT2D eigenvalue weighted by Crippen LogP contribution is 2.35. The van der Waals surface area contributed by atoms with Gasteiger partial charge in [-0.25, -0.2) is 9.78 Å². The average Bonchev–Trinajstić information content (AvgIpc) is 3.52. The lowest BCUT2D eigenvalue weighted by molar-refractivity contribution is -0.192. The molecule has 0 bridgehead atoms. The van der Waals surface area contributed by atoms with E-state index in [2.05, 4.69) is 39.6 Å². The Bertz CT molecular complexity index is 1180. The van der Waals surface area contributed by atoms with Crippen molar-refractivity contribution in [3.05, 3.63) is 40.5 Å². The van der Waals surface area contributed by atoms with Crippen LogP contribution in [0.2, 0.25) is 0 Å². The molecule has 0 amide bonds. The van der Waals surface area contributed by atoms with Gasteiger partial charge in [-0.1, -0.05) is 29.8 Å². The van der Waals surface area contributed by atoms with E-state index in [1.807, 2.05) is 6.92 Å². The smallest absolute Gasteiger partial charge is 0.475 e. The zero-order valence-electron chi connectivity index (χ0n) is 20.6. The molecule has 3 aromatic rings. The van der Waals surface area contributed by atoms with Crippen molar-refractivity contribution in [1.29, 1.82) is 0 Å². The lowest BCUT2D eigenvalue weighted by atomic mass is 10.0. The number of likely N-dealkylation sites (tertiary alicyclic amines) is 1. The van der Waals surface area contributed by atoms with Crippen LogP contribution in [0.3, 0.4) is 0 Å². The molecule has 4 heterocycles. The number of rotatable bonds is 5. The third-order valence-corrected chi connectivity index (χ3v) is 7.67. The molecule has 1 aromatic carbocycles. The Morgan fingerprint density at radius 1 is 1.22 bits per heavy atom. The Balaban J connectivity index is 0.000000405. The molecule has 8 nitrogen and oxygen atoms in total. The number of nitrogens with one attached hydrogen (secondary N) is 1. The number of carboxylic acids is 1. The Hall–Kier alpha value is -2.83. The highest BCUT2D eigenvalue weighted by Gasteiger charge is 2.38. The minimum atomic E-state index is -5.08. The van der Waals surface area contributed by atoms with E-state index in [-0.39, 0.29) is 0 Å². The second-order valence-electron chi connectivity index (χ2n) is 9.27. The van der Waals surface area contributed by atoms with E-state index in [0.29, 0.717) is 17.6 Å². The molecule has 2 aliphatic heterocycles. The molecule has 1 unspecified atom stereocenters. The first-order valence-corrected chi connectivity index (χ1v) is 13.2. The van der Waals surface area contributed by atoms with Crippen molar-refractivity contribution in [2.45, 2.75) is 57.7 Å². The van der Waals surface area contributed by atoms with Crippen molar-refractivity contribution >= 4 is 17.3 Å². The second kappa shape index (κ2) is 12.1. The number of aliphatic carboxylic acids is 1. The monoisotopic (exact) mass is 537 g/mol. The fourth-order valence-electron chi connectivity index (χ4n) is 4.47. The highest BCUT2D eigenvalue weighted by molar-refractivity contribution is 7.15. The maximum atomic E-state index is 10.6.